The summed E-state index contributed by atoms with van der Waals surface area (Å²) in [6.45, 7) is 3.86. The lowest BCUT2D eigenvalue weighted by atomic mass is 10.2. The number of nitrogens with one attached hydrogen (secondary N) is 1. The normalized spacial score (nSPS) is 12.2. The van der Waals surface area contributed by atoms with E-state index in [0.717, 1.165) is 11.1 Å². The van der Waals surface area contributed by atoms with Crippen molar-refractivity contribution in [1.29, 1.82) is 0 Å². The summed E-state index contributed by atoms with van der Waals surface area (Å²) in [7, 11) is 0.509. The van der Waals surface area contributed by atoms with Crippen molar-refractivity contribution in [2.75, 3.05) is 7.05 Å². The Bertz CT molecular complexity index is 309. The van der Waals surface area contributed by atoms with Gasteiger partial charge in [-0.1, -0.05) is 12.1 Å². The van der Waals surface area contributed by atoms with Gasteiger partial charge in [0.15, 0.2) is 0 Å². The van der Waals surface area contributed by atoms with E-state index in [4.69, 9.17) is 0 Å². The molecule has 0 aliphatic carbocycles. The van der Waals surface area contributed by atoms with Gasteiger partial charge < -0.3 is 0 Å². The third-order valence-corrected chi connectivity index (χ3v) is 2.70. The van der Waals surface area contributed by atoms with E-state index in [1.54, 1.807) is 7.05 Å². The topological polar surface area (TPSA) is 29.1 Å². The number of rotatable bonds is 2. The highest BCUT2D eigenvalue weighted by Crippen LogP contribution is 2.08. The maximum absolute atomic E-state index is 11.3. The first-order valence-electron chi connectivity index (χ1n) is 3.65. The van der Waals surface area contributed by atoms with Gasteiger partial charge in [-0.25, -0.2) is 8.93 Å². The Labute approximate surface area is 75.6 Å². The third-order valence-electron chi connectivity index (χ3n) is 1.54. The molecule has 0 aliphatic heterocycles. The summed E-state index contributed by atoms with van der Waals surface area (Å²) >= 11 is 0. The van der Waals surface area contributed by atoms with Crippen LogP contribution in [0, 0.1) is 26.0 Å². The second kappa shape index (κ2) is 3.70. The van der Waals surface area contributed by atoms with E-state index < -0.39 is 11.0 Å². The van der Waals surface area contributed by atoms with E-state index in [1.165, 1.54) is 0 Å². The minimum Gasteiger partial charge on any atom is -0.237 e. The summed E-state index contributed by atoms with van der Waals surface area (Å²) in [5, 5.41) is 0. The first-order valence-corrected chi connectivity index (χ1v) is 4.80. The van der Waals surface area contributed by atoms with Gasteiger partial charge in [0.05, 0.1) is 0 Å². The summed E-state index contributed by atoms with van der Waals surface area (Å²) < 4.78 is 14.0. The van der Waals surface area contributed by atoms with Crippen molar-refractivity contribution in [1.82, 2.24) is 4.72 Å². The maximum Gasteiger partial charge on any atom is 0.133 e. The first-order chi connectivity index (χ1) is 5.65. The molecule has 3 heteroatoms. The van der Waals surface area contributed by atoms with Crippen LogP contribution in [0.2, 0.25) is 0 Å². The van der Waals surface area contributed by atoms with Crippen LogP contribution in [0.5, 0.6) is 0 Å². The molecule has 1 unspecified atom stereocenters. The molecule has 0 saturated carbocycles. The van der Waals surface area contributed by atoms with Crippen LogP contribution in [-0.4, -0.2) is 11.3 Å². The lowest BCUT2D eigenvalue weighted by Gasteiger charge is -2.00. The molecule has 1 aromatic carbocycles. The predicted octanol–water partition coefficient (Wildman–Crippen LogP) is 1.15. The van der Waals surface area contributed by atoms with Gasteiger partial charge in [0.25, 0.3) is 0 Å². The molecule has 1 aromatic rings. The standard InChI is InChI=1S/C9H11NOS/c1-7-4-5-9(8(2)6-7)12(11)10-3/h6,10H,1-3H3. The first kappa shape index (κ1) is 9.24. The zero-order valence-electron chi connectivity index (χ0n) is 7.39. The van der Waals surface area contributed by atoms with E-state index in [2.05, 4.69) is 16.9 Å². The van der Waals surface area contributed by atoms with E-state index >= 15 is 0 Å². The molecule has 64 valence electrons. The summed E-state index contributed by atoms with van der Waals surface area (Å²) in [6, 6.07) is 7.71. The second-order valence-corrected chi connectivity index (χ2v) is 3.92. The molecule has 0 heterocycles. The van der Waals surface area contributed by atoms with Gasteiger partial charge in [0.1, 0.15) is 15.9 Å². The Morgan fingerprint density at radius 3 is 2.58 bits per heavy atom. The molecule has 0 radical (unpaired) electrons. The van der Waals surface area contributed by atoms with Gasteiger partial charge in [-0.3, -0.25) is 0 Å². The lowest BCUT2D eigenvalue weighted by molar-refractivity contribution is 0.677. The fraction of sp³-hybridized carbons (Fsp3) is 0.333. The summed E-state index contributed by atoms with van der Waals surface area (Å²) in [4.78, 5) is 0.683. The van der Waals surface area contributed by atoms with Crippen molar-refractivity contribution in [3.8, 4) is 0 Å². The molecule has 0 aliphatic rings. The minimum atomic E-state index is -1.15. The molecule has 0 bridgehead atoms. The Morgan fingerprint density at radius 2 is 2.08 bits per heavy atom. The van der Waals surface area contributed by atoms with Crippen LogP contribution in [0.4, 0.5) is 0 Å². The van der Waals surface area contributed by atoms with Gasteiger partial charge >= 0.3 is 0 Å². The lowest BCUT2D eigenvalue weighted by Crippen LogP contribution is -2.11. The molecule has 0 aromatic heterocycles. The third kappa shape index (κ3) is 1.84. The molecule has 12 heavy (non-hydrogen) atoms. The quantitative estimate of drug-likeness (QED) is 0.728. The number of aryl methyl sites for hydroxylation is 2. The van der Waals surface area contributed by atoms with Gasteiger partial charge in [-0.15, -0.1) is 0 Å². The smallest absolute Gasteiger partial charge is 0.133 e. The molecule has 1 N–H and O–H groups in total. The molecule has 0 amide bonds. The molecule has 0 fully saturated rings. The van der Waals surface area contributed by atoms with Crippen molar-refractivity contribution in [3.63, 3.8) is 0 Å². The van der Waals surface area contributed by atoms with Crippen LogP contribution in [-0.2, 0) is 11.0 Å². The molecule has 1 rings (SSSR count). The average molecular weight is 181 g/mol. The van der Waals surface area contributed by atoms with Gasteiger partial charge in [-0.2, -0.15) is 0 Å². The van der Waals surface area contributed by atoms with Crippen LogP contribution in [0.3, 0.4) is 0 Å². The van der Waals surface area contributed by atoms with E-state index in [9.17, 15) is 4.21 Å². The molecule has 2 nitrogen and oxygen atoms in total. The van der Waals surface area contributed by atoms with Crippen molar-refractivity contribution < 1.29 is 4.21 Å². The summed E-state index contributed by atoms with van der Waals surface area (Å²) in [5.74, 6) is 0. The van der Waals surface area contributed by atoms with Crippen LogP contribution in [0.15, 0.2) is 11.0 Å². The van der Waals surface area contributed by atoms with Gasteiger partial charge in [-0.05, 0) is 38.1 Å². The summed E-state index contributed by atoms with van der Waals surface area (Å²) in [5.41, 5.74) is 2.00. The second-order valence-electron chi connectivity index (χ2n) is 2.56. The van der Waals surface area contributed by atoms with E-state index in [0.29, 0.717) is 4.90 Å². The SMILES string of the molecule is CNS(=O)c1c#cc(C)cc1C. The van der Waals surface area contributed by atoms with Crippen molar-refractivity contribution in [3.05, 3.63) is 29.3 Å². The molecule has 1 atom stereocenters. The van der Waals surface area contributed by atoms with Crippen LogP contribution in [0.25, 0.3) is 0 Å². The van der Waals surface area contributed by atoms with Gasteiger partial charge in [0.2, 0.25) is 0 Å². The highest BCUT2D eigenvalue weighted by atomic mass is 32.2. The molecular weight excluding hydrogens is 170 g/mol. The molecule has 0 spiro atoms. The average Bonchev–Trinajstić information content (AvgIpc) is 2.03. The molecular formula is C9H11NOS. The van der Waals surface area contributed by atoms with Crippen molar-refractivity contribution in [2.24, 2.45) is 0 Å². The Kier molecular flexibility index (Phi) is 2.85. The van der Waals surface area contributed by atoms with Crippen molar-refractivity contribution in [2.45, 2.75) is 18.7 Å². The number of hydrogen-bond acceptors (Lipinski definition) is 1. The van der Waals surface area contributed by atoms with Gasteiger partial charge in [0, 0.05) is 0 Å². The fourth-order valence-electron chi connectivity index (χ4n) is 0.975. The minimum absolute atomic E-state index is 0.683. The van der Waals surface area contributed by atoms with Crippen LogP contribution < -0.4 is 4.72 Å². The monoisotopic (exact) mass is 181 g/mol. The Hall–Kier alpha value is -0.850. The van der Waals surface area contributed by atoms with Crippen molar-refractivity contribution >= 4 is 11.0 Å². The van der Waals surface area contributed by atoms with E-state index in [1.807, 2.05) is 19.9 Å². The molecule has 0 saturated heterocycles. The zero-order valence-corrected chi connectivity index (χ0v) is 8.21. The largest absolute Gasteiger partial charge is 0.237 e. The number of hydrogen-bond donors (Lipinski definition) is 1. The zero-order chi connectivity index (χ0) is 9.14. The maximum atomic E-state index is 11.3. The van der Waals surface area contributed by atoms with Crippen LogP contribution in [0.1, 0.15) is 11.1 Å². The summed E-state index contributed by atoms with van der Waals surface area (Å²) in [6.07, 6.45) is 0. The highest BCUT2D eigenvalue weighted by molar-refractivity contribution is 7.83. The highest BCUT2D eigenvalue weighted by Gasteiger charge is 2.03. The predicted molar refractivity (Wildman–Crippen MR) is 49.1 cm³/mol. The van der Waals surface area contributed by atoms with Crippen LogP contribution >= 0.6 is 0 Å². The Balaban J connectivity index is 3.09. The Morgan fingerprint density at radius 1 is 1.42 bits per heavy atom. The van der Waals surface area contributed by atoms with E-state index in [-0.39, 0.29) is 0 Å². The fourth-order valence-corrected chi connectivity index (χ4v) is 1.67.